The van der Waals surface area contributed by atoms with Gasteiger partial charge in [-0.3, -0.25) is 14.4 Å². The summed E-state index contributed by atoms with van der Waals surface area (Å²) in [6.07, 6.45) is 3.70. The molecule has 3 N–H and O–H groups in total. The number of nitrogens with two attached hydrogens (primary N) is 1. The van der Waals surface area contributed by atoms with E-state index in [2.05, 4.69) is 5.32 Å². The molecule has 2 atom stereocenters. The molecule has 3 amide bonds. The molecule has 1 rings (SSSR count). The van der Waals surface area contributed by atoms with E-state index >= 15 is 0 Å². The Hall–Kier alpha value is -1.34. The molecule has 7 nitrogen and oxygen atoms in total. The average Bonchev–Trinajstić information content (AvgIpc) is 2.62. The van der Waals surface area contributed by atoms with Crippen LogP contribution in [-0.4, -0.2) is 66.3 Å². The first-order valence-corrected chi connectivity index (χ1v) is 10.3. The van der Waals surface area contributed by atoms with Gasteiger partial charge >= 0.3 is 0 Å². The van der Waals surface area contributed by atoms with Crippen LogP contribution in [0.2, 0.25) is 0 Å². The molecule has 164 valence electrons. The first-order chi connectivity index (χ1) is 12.7. The fourth-order valence-electron chi connectivity index (χ4n) is 3.03. The van der Waals surface area contributed by atoms with Crippen LogP contribution in [-0.2, 0) is 14.4 Å². The molecule has 28 heavy (non-hydrogen) atoms. The molecule has 0 radical (unpaired) electrons. The smallest absolute Gasteiger partial charge is 0.224 e. The van der Waals surface area contributed by atoms with Gasteiger partial charge in [0.1, 0.15) is 0 Å². The maximum Gasteiger partial charge on any atom is 0.224 e. The molecule has 2 unspecified atom stereocenters. The standard InChI is InChI=1S/C20H38N4O3.ClH/c1-15(2)14-19(26)24-12-10-23(11-13-24)18(25)8-6-5-7-9-22-20(27)16(3)17(4)21;/h15-17H,5-14,21H2,1-4H3,(H,22,27);1H. The van der Waals surface area contributed by atoms with Crippen molar-refractivity contribution in [3.63, 3.8) is 0 Å². The van der Waals surface area contributed by atoms with Gasteiger partial charge in [-0.1, -0.05) is 27.2 Å². The maximum atomic E-state index is 12.3. The maximum absolute atomic E-state index is 12.3. The number of carbonyl (C=O) groups is 3. The van der Waals surface area contributed by atoms with Crippen LogP contribution in [0.15, 0.2) is 0 Å². The largest absolute Gasteiger partial charge is 0.356 e. The number of nitrogens with one attached hydrogen (secondary N) is 1. The van der Waals surface area contributed by atoms with Crippen molar-refractivity contribution < 1.29 is 14.4 Å². The Balaban J connectivity index is 0.00000729. The summed E-state index contributed by atoms with van der Waals surface area (Å²) in [5.41, 5.74) is 5.71. The van der Waals surface area contributed by atoms with E-state index in [0.29, 0.717) is 51.5 Å². The molecule has 1 fully saturated rings. The number of piperazine rings is 1. The Morgan fingerprint density at radius 3 is 1.93 bits per heavy atom. The van der Waals surface area contributed by atoms with E-state index < -0.39 is 0 Å². The number of nitrogens with zero attached hydrogens (tertiary/aromatic N) is 2. The average molecular weight is 419 g/mol. The molecule has 0 spiro atoms. The number of rotatable bonds is 10. The van der Waals surface area contributed by atoms with Crippen molar-refractivity contribution in [3.8, 4) is 0 Å². The highest BCUT2D eigenvalue weighted by atomic mass is 35.5. The number of unbranched alkanes of at least 4 members (excludes halogenated alkanes) is 2. The van der Waals surface area contributed by atoms with Gasteiger partial charge in [0.05, 0.1) is 0 Å². The van der Waals surface area contributed by atoms with Gasteiger partial charge in [0.25, 0.3) is 0 Å². The van der Waals surface area contributed by atoms with Crippen LogP contribution in [0.1, 0.15) is 59.8 Å². The number of carbonyl (C=O) groups excluding carboxylic acids is 3. The van der Waals surface area contributed by atoms with E-state index in [1.807, 2.05) is 37.5 Å². The molecule has 0 bridgehead atoms. The number of amides is 3. The minimum absolute atomic E-state index is 0. The molecule has 0 aromatic heterocycles. The van der Waals surface area contributed by atoms with Crippen molar-refractivity contribution >= 4 is 30.1 Å². The van der Waals surface area contributed by atoms with Crippen LogP contribution >= 0.6 is 12.4 Å². The van der Waals surface area contributed by atoms with E-state index in [1.54, 1.807) is 0 Å². The highest BCUT2D eigenvalue weighted by Crippen LogP contribution is 2.10. The quantitative estimate of drug-likeness (QED) is 0.528. The van der Waals surface area contributed by atoms with Gasteiger partial charge in [-0.25, -0.2) is 0 Å². The van der Waals surface area contributed by atoms with Gasteiger partial charge in [0.15, 0.2) is 0 Å². The van der Waals surface area contributed by atoms with Gasteiger partial charge in [0, 0.05) is 57.5 Å². The van der Waals surface area contributed by atoms with Crippen molar-refractivity contribution in [2.75, 3.05) is 32.7 Å². The summed E-state index contributed by atoms with van der Waals surface area (Å²) >= 11 is 0. The molecule has 1 heterocycles. The highest BCUT2D eigenvalue weighted by Gasteiger charge is 2.24. The zero-order valence-corrected chi connectivity index (χ0v) is 18.7. The van der Waals surface area contributed by atoms with Crippen LogP contribution in [0.4, 0.5) is 0 Å². The molecule has 1 aliphatic rings. The SMILES string of the molecule is CC(C)CC(=O)N1CCN(C(=O)CCCCCNC(=O)C(C)C(C)N)CC1.Cl. The molecular weight excluding hydrogens is 380 g/mol. The second kappa shape index (κ2) is 13.8. The topological polar surface area (TPSA) is 95.7 Å². The van der Waals surface area contributed by atoms with E-state index in [1.165, 1.54) is 0 Å². The Morgan fingerprint density at radius 2 is 1.43 bits per heavy atom. The lowest BCUT2D eigenvalue weighted by atomic mass is 10.0. The Morgan fingerprint density at radius 1 is 0.893 bits per heavy atom. The molecule has 8 heteroatoms. The van der Waals surface area contributed by atoms with Crippen molar-refractivity contribution in [2.45, 2.75) is 65.8 Å². The summed E-state index contributed by atoms with van der Waals surface area (Å²) in [5, 5.41) is 2.89. The zero-order valence-electron chi connectivity index (χ0n) is 17.9. The number of halogens is 1. The van der Waals surface area contributed by atoms with E-state index in [9.17, 15) is 14.4 Å². The van der Waals surface area contributed by atoms with Crippen LogP contribution in [0.5, 0.6) is 0 Å². The van der Waals surface area contributed by atoms with E-state index in [4.69, 9.17) is 5.73 Å². The highest BCUT2D eigenvalue weighted by molar-refractivity contribution is 5.85. The first kappa shape index (κ1) is 26.7. The molecule has 0 aromatic carbocycles. The number of hydrogen-bond donors (Lipinski definition) is 2. The fourth-order valence-corrected chi connectivity index (χ4v) is 3.03. The van der Waals surface area contributed by atoms with Crippen molar-refractivity contribution in [3.05, 3.63) is 0 Å². The summed E-state index contributed by atoms with van der Waals surface area (Å²) in [5.74, 6) is 0.533. The van der Waals surface area contributed by atoms with E-state index in [-0.39, 0.29) is 42.1 Å². The molecule has 1 aliphatic heterocycles. The third-order valence-electron chi connectivity index (χ3n) is 5.14. The Bertz CT molecular complexity index is 492. The van der Waals surface area contributed by atoms with Gasteiger partial charge in [-0.05, 0) is 25.7 Å². The predicted molar refractivity (Wildman–Crippen MR) is 114 cm³/mol. The second-order valence-corrected chi connectivity index (χ2v) is 8.11. The summed E-state index contributed by atoms with van der Waals surface area (Å²) in [6, 6.07) is -0.149. The molecule has 1 saturated heterocycles. The summed E-state index contributed by atoms with van der Waals surface area (Å²) in [4.78, 5) is 39.9. The van der Waals surface area contributed by atoms with Gasteiger partial charge in [-0.2, -0.15) is 0 Å². The number of hydrogen-bond acceptors (Lipinski definition) is 4. The summed E-state index contributed by atoms with van der Waals surface area (Å²) in [7, 11) is 0. The first-order valence-electron chi connectivity index (χ1n) is 10.3. The monoisotopic (exact) mass is 418 g/mol. The minimum atomic E-state index is -0.183. The Labute approximate surface area is 176 Å². The lowest BCUT2D eigenvalue weighted by Crippen LogP contribution is -2.50. The molecular formula is C20H39ClN4O3. The lowest BCUT2D eigenvalue weighted by molar-refractivity contribution is -0.140. The van der Waals surface area contributed by atoms with Crippen LogP contribution in [0.3, 0.4) is 0 Å². The van der Waals surface area contributed by atoms with Crippen LogP contribution in [0, 0.1) is 11.8 Å². The normalized spacial score (nSPS) is 16.4. The fraction of sp³-hybridized carbons (Fsp3) is 0.850. The molecule has 0 aliphatic carbocycles. The molecule has 0 aromatic rings. The summed E-state index contributed by atoms with van der Waals surface area (Å²) in [6.45, 7) is 10.9. The van der Waals surface area contributed by atoms with Crippen molar-refractivity contribution in [1.29, 1.82) is 0 Å². The van der Waals surface area contributed by atoms with E-state index in [0.717, 1.165) is 19.3 Å². The third kappa shape index (κ3) is 9.73. The third-order valence-corrected chi connectivity index (χ3v) is 5.14. The zero-order chi connectivity index (χ0) is 20.4. The lowest BCUT2D eigenvalue weighted by Gasteiger charge is -2.35. The van der Waals surface area contributed by atoms with Crippen LogP contribution < -0.4 is 11.1 Å². The molecule has 0 saturated carbocycles. The minimum Gasteiger partial charge on any atom is -0.356 e. The van der Waals surface area contributed by atoms with Crippen molar-refractivity contribution in [2.24, 2.45) is 17.6 Å². The second-order valence-electron chi connectivity index (χ2n) is 8.11. The van der Waals surface area contributed by atoms with Gasteiger partial charge in [-0.15, -0.1) is 12.4 Å². The van der Waals surface area contributed by atoms with Gasteiger partial charge in [0.2, 0.25) is 17.7 Å². The van der Waals surface area contributed by atoms with Gasteiger partial charge < -0.3 is 20.9 Å². The van der Waals surface area contributed by atoms with Crippen molar-refractivity contribution in [1.82, 2.24) is 15.1 Å². The predicted octanol–water partition coefficient (Wildman–Crippen LogP) is 1.79. The van der Waals surface area contributed by atoms with Crippen LogP contribution in [0.25, 0.3) is 0 Å². The summed E-state index contributed by atoms with van der Waals surface area (Å²) < 4.78 is 0. The Kier molecular flexibility index (Phi) is 13.1.